The van der Waals surface area contributed by atoms with E-state index < -0.39 is 64.9 Å². The van der Waals surface area contributed by atoms with Crippen LogP contribution in [-0.4, -0.2) is 232 Å². The van der Waals surface area contributed by atoms with Crippen molar-refractivity contribution >= 4 is 28.6 Å². The first kappa shape index (κ1) is 58.2. The van der Waals surface area contributed by atoms with Crippen molar-refractivity contribution in [2.24, 2.45) is 0 Å². The summed E-state index contributed by atoms with van der Waals surface area (Å²) in [7, 11) is 8.19. The Morgan fingerprint density at radius 2 is 1.05 bits per heavy atom. The van der Waals surface area contributed by atoms with Crippen molar-refractivity contribution < 1.29 is 100 Å². The molecular weight excluding hydrogens is 906 g/mol. The van der Waals surface area contributed by atoms with Crippen LogP contribution in [0.25, 0.3) is 0 Å². The molecule has 24 heteroatoms. The fourth-order valence-corrected chi connectivity index (χ4v) is 14.5. The average molecular weight is 980 g/mol. The first-order valence-corrected chi connectivity index (χ1v) is 27.1. The van der Waals surface area contributed by atoms with Crippen molar-refractivity contribution in [1.29, 1.82) is 0 Å². The predicted octanol–water partition coefficient (Wildman–Crippen LogP) is -0.580. The van der Waals surface area contributed by atoms with Crippen LogP contribution < -0.4 is 0 Å². The molecule has 0 bridgehead atoms. The summed E-state index contributed by atoms with van der Waals surface area (Å²) in [5, 5.41) is 49.1. The van der Waals surface area contributed by atoms with Gasteiger partial charge in [-0.2, -0.15) is 0 Å². The number of ether oxygens (including phenoxy) is 11. The molecule has 350 valence electrons. The van der Waals surface area contributed by atoms with Crippen molar-refractivity contribution in [2.45, 2.75) is 93.7 Å². The van der Waals surface area contributed by atoms with Crippen molar-refractivity contribution in [1.82, 2.24) is 0 Å². The molecule has 0 rings (SSSR count). The standard InChI is InChI=1S/C34H74Ge2O22/c1-27(20-49-16-19-56-35(45-9,46-10)23-33(41,42-6)55-25-50-22-28(2)51-15-13-38)52-17-18-54-34(43-7,44-8)24-36(47-11,58-32(30(4)39)31(5)40)57-26-53-29(3)21-48-14-12-37/h27-32,37-41H,12-26H2,1-11H3/t27?,28?,29?,30-,31+,32?,33?,36?. The van der Waals surface area contributed by atoms with E-state index in [0.29, 0.717) is 0 Å². The van der Waals surface area contributed by atoms with Crippen LogP contribution in [0.2, 0.25) is 10.5 Å². The van der Waals surface area contributed by atoms with E-state index in [4.69, 9.17) is 84.9 Å². The Balaban J connectivity index is 5.18. The zero-order valence-electron chi connectivity index (χ0n) is 36.2. The minimum absolute atomic E-state index is 0.00702. The van der Waals surface area contributed by atoms with Crippen molar-refractivity contribution in [3.05, 3.63) is 0 Å². The normalized spacial score (nSPS) is 18.0. The van der Waals surface area contributed by atoms with Crippen LogP contribution in [0.4, 0.5) is 0 Å². The third-order valence-electron chi connectivity index (χ3n) is 8.16. The van der Waals surface area contributed by atoms with Gasteiger partial charge in [0.15, 0.2) is 0 Å². The van der Waals surface area contributed by atoms with Gasteiger partial charge in [-0.15, -0.1) is 0 Å². The van der Waals surface area contributed by atoms with Gasteiger partial charge in [-0.25, -0.2) is 0 Å². The van der Waals surface area contributed by atoms with Gasteiger partial charge in [-0.1, -0.05) is 0 Å². The molecule has 6 unspecified atom stereocenters. The molecule has 0 aromatic carbocycles. The summed E-state index contributed by atoms with van der Waals surface area (Å²) in [4.78, 5) is 0. The second-order valence-corrected chi connectivity index (χ2v) is 24.4. The summed E-state index contributed by atoms with van der Waals surface area (Å²) in [6.45, 7) is 8.61. The average Bonchev–Trinajstić information content (AvgIpc) is 3.21. The Kier molecular flexibility index (Phi) is 32.9. The number of rotatable bonds is 41. The molecule has 0 aliphatic carbocycles. The van der Waals surface area contributed by atoms with Crippen molar-refractivity contribution in [2.75, 3.05) is 129 Å². The van der Waals surface area contributed by atoms with Crippen molar-refractivity contribution in [3.63, 3.8) is 0 Å². The monoisotopic (exact) mass is 982 g/mol. The Bertz CT molecular complexity index is 962. The van der Waals surface area contributed by atoms with Gasteiger partial charge in [0.25, 0.3) is 0 Å². The van der Waals surface area contributed by atoms with E-state index in [2.05, 4.69) is 0 Å². The SMILES string of the molecule is COC(O)([CH2][Ge]([O]C)([O]C)[O]CCOCC(C)OCCOC([CH2][Ge]([O]C)([O]COC(C)COCCO)[O]C([C@H](C)O)[C@@H](C)O)(OC)OC)OCOCC(C)OCCO. The molecule has 8 atom stereocenters. The molecule has 0 aromatic heterocycles. The topological polar surface area (TPSA) is 258 Å². The molecular formula is C34H74Ge2O22. The second-order valence-electron chi connectivity index (χ2n) is 12.9. The van der Waals surface area contributed by atoms with E-state index in [1.54, 1.807) is 20.8 Å². The zero-order chi connectivity index (χ0) is 44.1. The Labute approximate surface area is 350 Å². The molecule has 0 amide bonds. The number of hydrogen-bond acceptors (Lipinski definition) is 22. The first-order valence-electron chi connectivity index (χ1n) is 19.0. The zero-order valence-corrected chi connectivity index (χ0v) is 40.4. The number of aliphatic hydroxyl groups excluding tert-OH is 4. The third-order valence-corrected chi connectivity index (χ3v) is 19.6. The van der Waals surface area contributed by atoms with Gasteiger partial charge < -0.3 is 0 Å². The quantitative estimate of drug-likeness (QED) is 0.0292. The number of methoxy groups -OCH3 is 3. The predicted molar refractivity (Wildman–Crippen MR) is 206 cm³/mol. The van der Waals surface area contributed by atoms with Crippen LogP contribution in [0.3, 0.4) is 0 Å². The molecule has 0 saturated heterocycles. The Morgan fingerprint density at radius 1 is 0.517 bits per heavy atom. The minimum atomic E-state index is -4.60. The van der Waals surface area contributed by atoms with Crippen LogP contribution in [0.5, 0.6) is 0 Å². The number of hydrogen-bond donors (Lipinski definition) is 5. The molecule has 0 aromatic rings. The molecule has 0 aliphatic rings. The van der Waals surface area contributed by atoms with Gasteiger partial charge in [-0.05, 0) is 0 Å². The Morgan fingerprint density at radius 3 is 1.57 bits per heavy atom. The molecule has 0 fully saturated rings. The van der Waals surface area contributed by atoms with Crippen LogP contribution in [0, 0.1) is 0 Å². The summed E-state index contributed by atoms with van der Waals surface area (Å²) in [5.74, 6) is -3.86. The van der Waals surface area contributed by atoms with E-state index in [-0.39, 0.29) is 109 Å². The second kappa shape index (κ2) is 32.8. The number of aliphatic hydroxyl groups is 5. The van der Waals surface area contributed by atoms with E-state index in [0.717, 1.165) is 0 Å². The van der Waals surface area contributed by atoms with Gasteiger partial charge in [0.05, 0.1) is 0 Å². The fourth-order valence-electron chi connectivity index (χ4n) is 4.88. The summed E-state index contributed by atoms with van der Waals surface area (Å²) >= 11 is -8.72. The molecule has 5 N–H and O–H groups in total. The summed E-state index contributed by atoms with van der Waals surface area (Å²) in [6, 6.07) is 0. The molecule has 0 saturated carbocycles. The molecule has 0 heterocycles. The van der Waals surface area contributed by atoms with Gasteiger partial charge in [0.2, 0.25) is 0 Å². The maximum atomic E-state index is 10.9. The molecule has 0 aliphatic heterocycles. The first-order chi connectivity index (χ1) is 27.5. The molecule has 22 nitrogen and oxygen atoms in total. The molecule has 58 heavy (non-hydrogen) atoms. The van der Waals surface area contributed by atoms with Gasteiger partial charge in [0.1, 0.15) is 0 Å². The van der Waals surface area contributed by atoms with Crippen molar-refractivity contribution in [3.8, 4) is 0 Å². The summed E-state index contributed by atoms with van der Waals surface area (Å²) in [5.41, 5.74) is 0. The Hall–Kier alpha value is 0.206. The van der Waals surface area contributed by atoms with Crippen LogP contribution in [0.1, 0.15) is 34.6 Å². The van der Waals surface area contributed by atoms with E-state index in [9.17, 15) is 15.3 Å². The van der Waals surface area contributed by atoms with Gasteiger partial charge in [-0.3, -0.25) is 0 Å². The molecule has 0 spiro atoms. The van der Waals surface area contributed by atoms with E-state index in [1.165, 1.54) is 56.5 Å². The van der Waals surface area contributed by atoms with E-state index >= 15 is 0 Å². The van der Waals surface area contributed by atoms with Crippen LogP contribution in [-0.2, 0) is 74.7 Å². The van der Waals surface area contributed by atoms with Gasteiger partial charge in [0, 0.05) is 0 Å². The fraction of sp³-hybridized carbons (Fsp3) is 1.00. The van der Waals surface area contributed by atoms with Crippen LogP contribution in [0.15, 0.2) is 0 Å². The summed E-state index contributed by atoms with van der Waals surface area (Å²) in [6.07, 6.45) is -4.34. The third kappa shape index (κ3) is 24.2. The summed E-state index contributed by atoms with van der Waals surface area (Å²) < 4.78 is 96.6. The van der Waals surface area contributed by atoms with Crippen LogP contribution >= 0.6 is 0 Å². The maximum absolute atomic E-state index is 10.9. The van der Waals surface area contributed by atoms with Gasteiger partial charge >= 0.3 is 351 Å². The molecule has 0 radical (unpaired) electrons. The van der Waals surface area contributed by atoms with E-state index in [1.807, 2.05) is 0 Å².